The molecule has 2 aromatic rings. The average molecular weight is 388 g/mol. The second-order valence-electron chi connectivity index (χ2n) is 4.16. The molecule has 19 heavy (non-hydrogen) atoms. The van der Waals surface area contributed by atoms with Gasteiger partial charge < -0.3 is 5.32 Å². The van der Waals surface area contributed by atoms with Gasteiger partial charge in [-0.2, -0.15) is 0 Å². The van der Waals surface area contributed by atoms with Gasteiger partial charge in [0.05, 0.1) is 9.26 Å². The molecule has 1 aromatic heterocycles. The van der Waals surface area contributed by atoms with Crippen LogP contribution < -0.4 is 5.32 Å². The van der Waals surface area contributed by atoms with Crippen LogP contribution in [0.15, 0.2) is 24.3 Å². The highest BCUT2D eigenvalue weighted by atomic mass is 127. The van der Waals surface area contributed by atoms with E-state index < -0.39 is 0 Å². The molecule has 0 bridgehead atoms. The second-order valence-corrected chi connectivity index (χ2v) is 5.67. The topological polar surface area (TPSA) is 37.8 Å². The van der Waals surface area contributed by atoms with Crippen LogP contribution in [0.5, 0.6) is 0 Å². The van der Waals surface area contributed by atoms with Crippen molar-refractivity contribution < 1.29 is 0 Å². The summed E-state index contributed by atoms with van der Waals surface area (Å²) in [5.41, 5.74) is 2.20. The Balaban J connectivity index is 2.35. The molecular formula is C14H15ClIN3. The van der Waals surface area contributed by atoms with E-state index in [1.165, 1.54) is 0 Å². The van der Waals surface area contributed by atoms with Gasteiger partial charge in [-0.05, 0) is 46.7 Å². The molecule has 0 saturated heterocycles. The minimum absolute atomic E-state index is 0.694. The molecule has 0 saturated carbocycles. The first-order valence-electron chi connectivity index (χ1n) is 6.11. The lowest BCUT2D eigenvalue weighted by Crippen LogP contribution is -2.07. The molecule has 0 spiro atoms. The first-order chi connectivity index (χ1) is 9.13. The number of nitrogens with one attached hydrogen (secondary N) is 1. The number of nitrogens with zero attached hydrogens (tertiary/aromatic N) is 2. The van der Waals surface area contributed by atoms with E-state index in [1.54, 1.807) is 0 Å². The summed E-state index contributed by atoms with van der Waals surface area (Å²) in [4.78, 5) is 9.17. The van der Waals surface area contributed by atoms with Gasteiger partial charge in [0.2, 0.25) is 0 Å². The number of rotatable bonds is 4. The van der Waals surface area contributed by atoms with Gasteiger partial charge in [0.1, 0.15) is 11.6 Å². The maximum absolute atomic E-state index is 6.00. The summed E-state index contributed by atoms with van der Waals surface area (Å²) in [6.45, 7) is 2.10. The van der Waals surface area contributed by atoms with Crippen LogP contribution in [0.25, 0.3) is 0 Å². The zero-order chi connectivity index (χ0) is 13.8. The van der Waals surface area contributed by atoms with E-state index in [9.17, 15) is 0 Å². The van der Waals surface area contributed by atoms with Crippen LogP contribution in [0.3, 0.4) is 0 Å². The number of hydrogen-bond donors (Lipinski definition) is 1. The summed E-state index contributed by atoms with van der Waals surface area (Å²) in [5.74, 6) is 1.72. The Bertz CT molecular complexity index is 562. The smallest absolute Gasteiger partial charge is 0.143 e. The number of anilines is 1. The zero-order valence-electron chi connectivity index (χ0n) is 10.9. The van der Waals surface area contributed by atoms with Crippen LogP contribution in [-0.4, -0.2) is 17.0 Å². The van der Waals surface area contributed by atoms with E-state index in [4.69, 9.17) is 11.6 Å². The van der Waals surface area contributed by atoms with Crippen LogP contribution in [0.4, 0.5) is 5.82 Å². The minimum Gasteiger partial charge on any atom is -0.372 e. The Morgan fingerprint density at radius 1 is 1.32 bits per heavy atom. The molecule has 0 aliphatic rings. The standard InChI is InChI=1S/C14H15ClIN3/c1-3-11-13(16)14(17-2)19-12(18-11)8-9-5-4-6-10(15)7-9/h4-7H,3,8H2,1-2H3,(H,17,18,19). The van der Waals surface area contributed by atoms with Crippen LogP contribution in [0.2, 0.25) is 5.02 Å². The van der Waals surface area contributed by atoms with Crippen molar-refractivity contribution in [2.24, 2.45) is 0 Å². The lowest BCUT2D eigenvalue weighted by atomic mass is 10.1. The average Bonchev–Trinajstić information content (AvgIpc) is 2.40. The van der Waals surface area contributed by atoms with Crippen LogP contribution in [0, 0.1) is 3.57 Å². The van der Waals surface area contributed by atoms with Crippen molar-refractivity contribution in [1.29, 1.82) is 0 Å². The maximum Gasteiger partial charge on any atom is 0.143 e. The second kappa shape index (κ2) is 6.52. The SMILES string of the molecule is CCc1nc(Cc2cccc(Cl)c2)nc(NC)c1I. The van der Waals surface area contributed by atoms with Gasteiger partial charge in [-0.15, -0.1) is 0 Å². The summed E-state index contributed by atoms with van der Waals surface area (Å²) in [5, 5.41) is 3.87. The lowest BCUT2D eigenvalue weighted by Gasteiger charge is -2.10. The Morgan fingerprint density at radius 3 is 2.74 bits per heavy atom. The summed E-state index contributed by atoms with van der Waals surface area (Å²) in [7, 11) is 1.88. The molecule has 2 rings (SSSR count). The lowest BCUT2D eigenvalue weighted by molar-refractivity contribution is 0.897. The quantitative estimate of drug-likeness (QED) is 0.808. The molecule has 100 valence electrons. The van der Waals surface area contributed by atoms with E-state index in [2.05, 4.69) is 44.8 Å². The summed E-state index contributed by atoms with van der Waals surface area (Å²) in [6, 6.07) is 7.81. The fourth-order valence-corrected chi connectivity index (χ4v) is 2.96. The monoisotopic (exact) mass is 387 g/mol. The molecule has 0 fully saturated rings. The van der Waals surface area contributed by atoms with Crippen LogP contribution in [-0.2, 0) is 12.8 Å². The van der Waals surface area contributed by atoms with Crippen molar-refractivity contribution in [3.05, 3.63) is 49.9 Å². The first kappa shape index (κ1) is 14.5. The molecule has 0 aliphatic heterocycles. The van der Waals surface area contributed by atoms with Gasteiger partial charge in [-0.3, -0.25) is 0 Å². The molecule has 0 atom stereocenters. The zero-order valence-corrected chi connectivity index (χ0v) is 13.8. The van der Waals surface area contributed by atoms with Crippen molar-refractivity contribution >= 4 is 40.0 Å². The summed E-state index contributed by atoms with van der Waals surface area (Å²) >= 11 is 8.28. The molecule has 1 N–H and O–H groups in total. The Kier molecular flexibility index (Phi) is 4.99. The number of hydrogen-bond acceptors (Lipinski definition) is 3. The molecule has 1 heterocycles. The minimum atomic E-state index is 0.694. The van der Waals surface area contributed by atoms with Gasteiger partial charge in [0, 0.05) is 18.5 Å². The molecule has 0 radical (unpaired) electrons. The molecule has 5 heteroatoms. The Hall–Kier alpha value is -0.880. The largest absolute Gasteiger partial charge is 0.372 e. The fourth-order valence-electron chi connectivity index (χ4n) is 1.85. The van der Waals surface area contributed by atoms with Crippen LogP contribution >= 0.6 is 34.2 Å². The van der Waals surface area contributed by atoms with Crippen molar-refractivity contribution in [2.45, 2.75) is 19.8 Å². The van der Waals surface area contributed by atoms with E-state index in [-0.39, 0.29) is 0 Å². The molecule has 0 unspecified atom stereocenters. The van der Waals surface area contributed by atoms with Gasteiger partial charge in [0.15, 0.2) is 0 Å². The highest BCUT2D eigenvalue weighted by Gasteiger charge is 2.10. The number of benzene rings is 1. The van der Waals surface area contributed by atoms with E-state index in [0.29, 0.717) is 6.42 Å². The van der Waals surface area contributed by atoms with E-state index in [0.717, 1.165) is 37.9 Å². The van der Waals surface area contributed by atoms with Crippen LogP contribution in [0.1, 0.15) is 24.0 Å². The Labute approximate surface area is 132 Å². The third kappa shape index (κ3) is 3.57. The van der Waals surface area contributed by atoms with Gasteiger partial charge in [-0.25, -0.2) is 9.97 Å². The predicted octanol–water partition coefficient (Wildman–Crippen LogP) is 3.93. The van der Waals surface area contributed by atoms with Gasteiger partial charge >= 0.3 is 0 Å². The van der Waals surface area contributed by atoms with E-state index in [1.807, 2.05) is 31.3 Å². The van der Waals surface area contributed by atoms with Crippen molar-refractivity contribution in [3.63, 3.8) is 0 Å². The third-order valence-electron chi connectivity index (χ3n) is 2.79. The van der Waals surface area contributed by atoms with Gasteiger partial charge in [0.25, 0.3) is 0 Å². The highest BCUT2D eigenvalue weighted by Crippen LogP contribution is 2.21. The predicted molar refractivity (Wildman–Crippen MR) is 87.9 cm³/mol. The maximum atomic E-state index is 6.00. The summed E-state index contributed by atoms with van der Waals surface area (Å²) in [6.07, 6.45) is 1.59. The number of aromatic nitrogens is 2. The number of halogens is 2. The molecular weight excluding hydrogens is 373 g/mol. The van der Waals surface area contributed by atoms with Crippen molar-refractivity contribution in [3.8, 4) is 0 Å². The Morgan fingerprint density at radius 2 is 2.11 bits per heavy atom. The molecule has 3 nitrogen and oxygen atoms in total. The molecule has 0 amide bonds. The first-order valence-corrected chi connectivity index (χ1v) is 7.57. The third-order valence-corrected chi connectivity index (χ3v) is 4.16. The fraction of sp³-hybridized carbons (Fsp3) is 0.286. The number of aryl methyl sites for hydroxylation is 1. The normalized spacial score (nSPS) is 10.5. The van der Waals surface area contributed by atoms with Crippen molar-refractivity contribution in [1.82, 2.24) is 9.97 Å². The highest BCUT2D eigenvalue weighted by molar-refractivity contribution is 14.1. The van der Waals surface area contributed by atoms with Gasteiger partial charge in [-0.1, -0.05) is 30.7 Å². The molecule has 1 aromatic carbocycles. The van der Waals surface area contributed by atoms with Crippen molar-refractivity contribution in [2.75, 3.05) is 12.4 Å². The van der Waals surface area contributed by atoms with E-state index >= 15 is 0 Å². The molecule has 0 aliphatic carbocycles. The summed E-state index contributed by atoms with van der Waals surface area (Å²) < 4.78 is 1.09.